The van der Waals surface area contributed by atoms with Crippen LogP contribution in [0.25, 0.3) is 11.0 Å². The number of carbonyl (C=O) groups is 1. The van der Waals surface area contributed by atoms with Crippen molar-refractivity contribution in [3.05, 3.63) is 83.6 Å². The summed E-state index contributed by atoms with van der Waals surface area (Å²) in [6.45, 7) is 5.27. The van der Waals surface area contributed by atoms with Gasteiger partial charge < -0.3 is 24.1 Å². The molecule has 1 unspecified atom stereocenters. The van der Waals surface area contributed by atoms with Crippen LogP contribution in [0.3, 0.4) is 0 Å². The Hall–Kier alpha value is -3.71. The first-order chi connectivity index (χ1) is 17.0. The predicted molar refractivity (Wildman–Crippen MR) is 136 cm³/mol. The Bertz CT molecular complexity index is 1270. The molecule has 0 aliphatic rings. The molecule has 0 saturated carbocycles. The van der Waals surface area contributed by atoms with Gasteiger partial charge >= 0.3 is 0 Å². The highest BCUT2D eigenvalue weighted by atomic mass is 35.5. The van der Waals surface area contributed by atoms with Gasteiger partial charge in [-0.05, 0) is 62.4 Å². The number of imidazole rings is 1. The van der Waals surface area contributed by atoms with Gasteiger partial charge in [-0.15, -0.1) is 0 Å². The van der Waals surface area contributed by atoms with Crippen LogP contribution in [0.1, 0.15) is 25.7 Å². The van der Waals surface area contributed by atoms with Crippen LogP contribution in [0, 0.1) is 0 Å². The number of nitrogens with zero attached hydrogens (tertiary/aromatic N) is 2. The average Bonchev–Trinajstić information content (AvgIpc) is 3.24. The Morgan fingerprint density at radius 1 is 0.971 bits per heavy atom. The molecular formula is C27H28ClN3O4. The van der Waals surface area contributed by atoms with Crippen molar-refractivity contribution >= 4 is 28.5 Å². The van der Waals surface area contributed by atoms with E-state index in [2.05, 4.69) is 9.88 Å². The summed E-state index contributed by atoms with van der Waals surface area (Å²) in [5.41, 5.74) is 1.83. The number of hydrogen-bond donors (Lipinski definition) is 1. The number of aromatic nitrogens is 2. The number of amides is 1. The summed E-state index contributed by atoms with van der Waals surface area (Å²) >= 11 is 5.89. The van der Waals surface area contributed by atoms with Gasteiger partial charge in [-0.25, -0.2) is 4.98 Å². The molecule has 0 spiro atoms. The monoisotopic (exact) mass is 493 g/mol. The van der Waals surface area contributed by atoms with E-state index in [1.165, 1.54) is 0 Å². The minimum absolute atomic E-state index is 0.108. The number of hydrogen-bond acceptors (Lipinski definition) is 5. The second-order valence-electron chi connectivity index (χ2n) is 7.87. The summed E-state index contributed by atoms with van der Waals surface area (Å²) in [5.74, 6) is 2.49. The summed E-state index contributed by atoms with van der Waals surface area (Å²) in [6.07, 6.45) is 0. The van der Waals surface area contributed by atoms with Gasteiger partial charge in [-0.1, -0.05) is 35.9 Å². The highest BCUT2D eigenvalue weighted by Gasteiger charge is 2.19. The first kappa shape index (κ1) is 24.4. The number of benzene rings is 3. The molecule has 0 fully saturated rings. The minimum atomic E-state index is -0.334. The number of carbonyl (C=O) groups excluding carboxylic acids is 1. The number of nitrogens with one attached hydrogen (secondary N) is 1. The van der Waals surface area contributed by atoms with Gasteiger partial charge in [-0.2, -0.15) is 0 Å². The van der Waals surface area contributed by atoms with E-state index in [1.54, 1.807) is 24.3 Å². The largest absolute Gasteiger partial charge is 0.490 e. The molecule has 0 aliphatic carbocycles. The van der Waals surface area contributed by atoms with Gasteiger partial charge in [0.1, 0.15) is 18.2 Å². The summed E-state index contributed by atoms with van der Waals surface area (Å²) in [6, 6.07) is 22.0. The second-order valence-corrected chi connectivity index (χ2v) is 8.31. The number of rotatable bonds is 11. The molecule has 1 heterocycles. The Balaban J connectivity index is 1.43. The SMILES string of the molecule is CCOc1ccccc1OCCn1c(C(C)NC(=O)COc2ccc(Cl)cc2)nc2ccccc21. The molecule has 3 aromatic carbocycles. The van der Waals surface area contributed by atoms with Crippen LogP contribution >= 0.6 is 11.6 Å². The van der Waals surface area contributed by atoms with E-state index in [0.717, 1.165) is 16.9 Å². The number of ether oxygens (including phenoxy) is 3. The minimum Gasteiger partial charge on any atom is -0.490 e. The van der Waals surface area contributed by atoms with Crippen LogP contribution < -0.4 is 19.5 Å². The molecule has 0 bridgehead atoms. The van der Waals surface area contributed by atoms with Crippen molar-refractivity contribution in [3.63, 3.8) is 0 Å². The zero-order valence-electron chi connectivity index (χ0n) is 19.7. The van der Waals surface area contributed by atoms with E-state index in [1.807, 2.05) is 62.4 Å². The summed E-state index contributed by atoms with van der Waals surface area (Å²) in [4.78, 5) is 17.3. The van der Waals surface area contributed by atoms with E-state index < -0.39 is 0 Å². The fourth-order valence-electron chi connectivity index (χ4n) is 3.78. The smallest absolute Gasteiger partial charge is 0.258 e. The van der Waals surface area contributed by atoms with E-state index in [-0.39, 0.29) is 18.6 Å². The van der Waals surface area contributed by atoms with Crippen LogP contribution in [0.5, 0.6) is 17.2 Å². The molecule has 8 heteroatoms. The Kier molecular flexibility index (Phi) is 8.11. The molecule has 1 N–H and O–H groups in total. The normalized spacial score (nSPS) is 11.7. The van der Waals surface area contributed by atoms with Crippen molar-refractivity contribution in [2.45, 2.75) is 26.4 Å². The van der Waals surface area contributed by atoms with Gasteiger partial charge in [0, 0.05) is 5.02 Å². The summed E-state index contributed by atoms with van der Waals surface area (Å²) in [7, 11) is 0. The molecule has 4 rings (SSSR count). The second kappa shape index (κ2) is 11.6. The van der Waals surface area contributed by atoms with Crippen molar-refractivity contribution in [2.24, 2.45) is 0 Å². The van der Waals surface area contributed by atoms with Crippen LogP contribution in [0.15, 0.2) is 72.8 Å². The van der Waals surface area contributed by atoms with E-state index in [0.29, 0.717) is 42.0 Å². The molecule has 4 aromatic rings. The summed E-state index contributed by atoms with van der Waals surface area (Å²) < 4.78 is 19.3. The lowest BCUT2D eigenvalue weighted by molar-refractivity contribution is -0.123. The molecule has 0 radical (unpaired) electrons. The van der Waals surface area contributed by atoms with Gasteiger partial charge in [0.05, 0.1) is 30.2 Å². The molecular weight excluding hydrogens is 466 g/mol. The third-order valence-electron chi connectivity index (χ3n) is 5.35. The number of para-hydroxylation sites is 4. The highest BCUT2D eigenvalue weighted by Crippen LogP contribution is 2.27. The van der Waals surface area contributed by atoms with Crippen molar-refractivity contribution in [2.75, 3.05) is 19.8 Å². The zero-order chi connectivity index (χ0) is 24.6. The van der Waals surface area contributed by atoms with Crippen LogP contribution in [0.4, 0.5) is 0 Å². The van der Waals surface area contributed by atoms with Crippen molar-refractivity contribution < 1.29 is 19.0 Å². The van der Waals surface area contributed by atoms with E-state index >= 15 is 0 Å². The van der Waals surface area contributed by atoms with Gasteiger partial charge in [0.2, 0.25) is 0 Å². The average molecular weight is 494 g/mol. The fraction of sp³-hybridized carbons (Fsp3) is 0.259. The van der Waals surface area contributed by atoms with Crippen molar-refractivity contribution in [1.82, 2.24) is 14.9 Å². The quantitative estimate of drug-likeness (QED) is 0.302. The standard InChI is InChI=1S/C27H28ClN3O4/c1-3-33-24-10-6-7-11-25(24)34-17-16-31-23-9-5-4-8-22(23)30-27(31)19(2)29-26(32)18-35-21-14-12-20(28)13-15-21/h4-15,19H,3,16-18H2,1-2H3,(H,29,32). The highest BCUT2D eigenvalue weighted by molar-refractivity contribution is 6.30. The van der Waals surface area contributed by atoms with Crippen molar-refractivity contribution in [1.29, 1.82) is 0 Å². The molecule has 1 amide bonds. The lowest BCUT2D eigenvalue weighted by atomic mass is 10.3. The number of fused-ring (bicyclic) bond motifs is 1. The predicted octanol–water partition coefficient (Wildman–Crippen LogP) is 5.42. The van der Waals surface area contributed by atoms with E-state index in [9.17, 15) is 4.79 Å². The van der Waals surface area contributed by atoms with Gasteiger partial charge in [0.25, 0.3) is 5.91 Å². The Morgan fingerprint density at radius 2 is 1.66 bits per heavy atom. The van der Waals surface area contributed by atoms with Crippen LogP contribution in [-0.2, 0) is 11.3 Å². The molecule has 35 heavy (non-hydrogen) atoms. The van der Waals surface area contributed by atoms with Crippen LogP contribution in [-0.4, -0.2) is 35.3 Å². The topological polar surface area (TPSA) is 74.6 Å². The van der Waals surface area contributed by atoms with Gasteiger partial charge in [0.15, 0.2) is 18.1 Å². The fourth-order valence-corrected chi connectivity index (χ4v) is 3.90. The zero-order valence-corrected chi connectivity index (χ0v) is 20.5. The maximum absolute atomic E-state index is 12.6. The molecule has 182 valence electrons. The Labute approximate surface area is 209 Å². The maximum Gasteiger partial charge on any atom is 0.258 e. The summed E-state index contributed by atoms with van der Waals surface area (Å²) in [5, 5.41) is 3.59. The molecule has 0 saturated heterocycles. The third kappa shape index (κ3) is 6.25. The lowest BCUT2D eigenvalue weighted by Crippen LogP contribution is -2.33. The van der Waals surface area contributed by atoms with Crippen molar-refractivity contribution in [3.8, 4) is 17.2 Å². The van der Waals surface area contributed by atoms with Gasteiger partial charge in [-0.3, -0.25) is 4.79 Å². The molecule has 7 nitrogen and oxygen atoms in total. The third-order valence-corrected chi connectivity index (χ3v) is 5.61. The van der Waals surface area contributed by atoms with E-state index in [4.69, 9.17) is 30.8 Å². The lowest BCUT2D eigenvalue weighted by Gasteiger charge is -2.17. The number of halogens is 1. The first-order valence-corrected chi connectivity index (χ1v) is 11.9. The molecule has 1 aromatic heterocycles. The van der Waals surface area contributed by atoms with Crippen LogP contribution in [0.2, 0.25) is 5.02 Å². The first-order valence-electron chi connectivity index (χ1n) is 11.5. The Morgan fingerprint density at radius 3 is 2.40 bits per heavy atom. The molecule has 0 aliphatic heterocycles. The molecule has 1 atom stereocenters. The maximum atomic E-state index is 12.6.